The molecule has 0 bridgehead atoms. The summed E-state index contributed by atoms with van der Waals surface area (Å²) in [4.78, 5) is 4.86. The number of likely N-dealkylation sites (N-methyl/N-ethyl adjacent to an activating group) is 2. The molecule has 0 saturated carbocycles. The van der Waals surface area contributed by atoms with Crippen molar-refractivity contribution in [1.82, 2.24) is 9.80 Å². The van der Waals surface area contributed by atoms with Crippen LogP contribution < -0.4 is 0 Å². The maximum Gasteiger partial charge on any atom is 0.0744 e. The predicted molar refractivity (Wildman–Crippen MR) is 57.1 cm³/mol. The van der Waals surface area contributed by atoms with E-state index in [4.69, 9.17) is 0 Å². The van der Waals surface area contributed by atoms with Crippen LogP contribution in [-0.2, 0) is 0 Å². The lowest BCUT2D eigenvalue weighted by Crippen LogP contribution is -2.32. The second-order valence-corrected chi connectivity index (χ2v) is 5.14. The lowest BCUT2D eigenvalue weighted by Gasteiger charge is -2.21. The van der Waals surface area contributed by atoms with Gasteiger partial charge in [0.1, 0.15) is 0 Å². The number of rotatable bonds is 0. The summed E-state index contributed by atoms with van der Waals surface area (Å²) in [5.41, 5.74) is 0. The van der Waals surface area contributed by atoms with E-state index in [9.17, 15) is 0 Å². The summed E-state index contributed by atoms with van der Waals surface area (Å²) < 4.78 is 0.683. The lowest BCUT2D eigenvalue weighted by molar-refractivity contribution is 0.306. The Morgan fingerprint density at radius 3 is 2.45 bits per heavy atom. The molecule has 1 heterocycles. The molecule has 0 amide bonds. The highest BCUT2D eigenvalue weighted by atomic mass is 127. The third kappa shape index (κ3) is 2.87. The molecule has 0 N–H and O–H groups in total. The second kappa shape index (κ2) is 4.05. The highest BCUT2D eigenvalue weighted by molar-refractivity contribution is 14.1. The molecule has 1 aliphatic heterocycles. The van der Waals surface area contributed by atoms with Crippen molar-refractivity contribution in [2.24, 2.45) is 5.92 Å². The van der Waals surface area contributed by atoms with Crippen LogP contribution in [0.5, 0.6) is 0 Å². The minimum Gasteiger partial charge on any atom is -0.304 e. The van der Waals surface area contributed by atoms with Gasteiger partial charge < -0.3 is 4.90 Å². The van der Waals surface area contributed by atoms with E-state index in [1.807, 2.05) is 0 Å². The first-order chi connectivity index (χ1) is 5.09. The fourth-order valence-corrected chi connectivity index (χ4v) is 2.57. The van der Waals surface area contributed by atoms with Crippen molar-refractivity contribution >= 4 is 22.6 Å². The van der Waals surface area contributed by atoms with Gasteiger partial charge >= 0.3 is 0 Å². The summed E-state index contributed by atoms with van der Waals surface area (Å²) in [7, 11) is 4.42. The SMILES string of the molecule is CC1CN(C)C[C@@H](I)N(C)C1. The third-order valence-electron chi connectivity index (χ3n) is 2.16. The zero-order valence-electron chi connectivity index (χ0n) is 7.55. The third-order valence-corrected chi connectivity index (χ3v) is 3.51. The highest BCUT2D eigenvalue weighted by Crippen LogP contribution is 2.15. The standard InChI is InChI=1S/C8H17IN2/c1-7-4-10(2)6-8(9)11(3)5-7/h7-8H,4-6H2,1-3H3/t7?,8-/m0/s1. The van der Waals surface area contributed by atoms with Gasteiger partial charge in [-0.15, -0.1) is 0 Å². The zero-order valence-corrected chi connectivity index (χ0v) is 9.71. The monoisotopic (exact) mass is 268 g/mol. The summed E-state index contributed by atoms with van der Waals surface area (Å²) in [6.45, 7) is 5.99. The maximum atomic E-state index is 2.52. The van der Waals surface area contributed by atoms with Gasteiger partial charge in [-0.25, -0.2) is 0 Å². The van der Waals surface area contributed by atoms with Crippen LogP contribution in [0.25, 0.3) is 0 Å². The van der Waals surface area contributed by atoms with Gasteiger partial charge in [-0.3, -0.25) is 4.90 Å². The first kappa shape index (κ1) is 9.74. The number of hydrogen-bond donors (Lipinski definition) is 0. The van der Waals surface area contributed by atoms with Crippen molar-refractivity contribution in [3.8, 4) is 0 Å². The van der Waals surface area contributed by atoms with E-state index >= 15 is 0 Å². The van der Waals surface area contributed by atoms with E-state index in [1.165, 1.54) is 19.6 Å². The minimum absolute atomic E-state index is 0.683. The van der Waals surface area contributed by atoms with E-state index < -0.39 is 0 Å². The number of hydrogen-bond acceptors (Lipinski definition) is 2. The summed E-state index contributed by atoms with van der Waals surface area (Å²) in [6.07, 6.45) is 0. The van der Waals surface area contributed by atoms with Crippen LogP contribution >= 0.6 is 22.6 Å². The molecule has 0 aromatic rings. The van der Waals surface area contributed by atoms with Gasteiger partial charge in [-0.1, -0.05) is 29.5 Å². The van der Waals surface area contributed by atoms with E-state index in [-0.39, 0.29) is 0 Å². The summed E-state index contributed by atoms with van der Waals surface area (Å²) in [5, 5.41) is 0. The van der Waals surface area contributed by atoms with E-state index in [1.54, 1.807) is 0 Å². The molecule has 0 aliphatic carbocycles. The van der Waals surface area contributed by atoms with Crippen molar-refractivity contribution in [2.45, 2.75) is 11.0 Å². The van der Waals surface area contributed by atoms with Gasteiger partial charge in [-0.2, -0.15) is 0 Å². The fourth-order valence-electron chi connectivity index (χ4n) is 1.67. The first-order valence-electron chi connectivity index (χ1n) is 4.12. The van der Waals surface area contributed by atoms with Crippen LogP contribution in [0.1, 0.15) is 6.92 Å². The Morgan fingerprint density at radius 1 is 1.18 bits per heavy atom. The summed E-state index contributed by atoms with van der Waals surface area (Å²) in [6, 6.07) is 0. The van der Waals surface area contributed by atoms with Gasteiger partial charge in [0.05, 0.1) is 4.05 Å². The van der Waals surface area contributed by atoms with Crippen molar-refractivity contribution in [3.63, 3.8) is 0 Å². The average molecular weight is 268 g/mol. The molecule has 0 aromatic heterocycles. The largest absolute Gasteiger partial charge is 0.304 e. The minimum atomic E-state index is 0.683. The van der Waals surface area contributed by atoms with Gasteiger partial charge in [0.15, 0.2) is 0 Å². The number of alkyl halides is 1. The van der Waals surface area contributed by atoms with Gasteiger partial charge in [0, 0.05) is 19.6 Å². The van der Waals surface area contributed by atoms with Crippen molar-refractivity contribution in [3.05, 3.63) is 0 Å². The molecule has 11 heavy (non-hydrogen) atoms. The molecule has 0 radical (unpaired) electrons. The lowest BCUT2D eigenvalue weighted by atomic mass is 10.2. The molecule has 1 unspecified atom stereocenters. The van der Waals surface area contributed by atoms with Crippen LogP contribution in [0.15, 0.2) is 0 Å². The Hall–Kier alpha value is 0.650. The van der Waals surface area contributed by atoms with E-state index in [2.05, 4.69) is 53.4 Å². The highest BCUT2D eigenvalue weighted by Gasteiger charge is 2.21. The van der Waals surface area contributed by atoms with Gasteiger partial charge in [0.25, 0.3) is 0 Å². The Labute approximate surface area is 83.1 Å². The molecule has 0 spiro atoms. The zero-order chi connectivity index (χ0) is 8.43. The van der Waals surface area contributed by atoms with Crippen molar-refractivity contribution in [1.29, 1.82) is 0 Å². The van der Waals surface area contributed by atoms with Crippen molar-refractivity contribution < 1.29 is 0 Å². The normalized spacial score (nSPS) is 37.1. The molecule has 1 fully saturated rings. The maximum absolute atomic E-state index is 2.52. The van der Waals surface area contributed by atoms with Gasteiger partial charge in [-0.05, 0) is 20.0 Å². The number of halogens is 1. The van der Waals surface area contributed by atoms with Crippen LogP contribution in [0, 0.1) is 5.92 Å². The summed E-state index contributed by atoms with van der Waals surface area (Å²) >= 11 is 2.52. The molecule has 66 valence electrons. The van der Waals surface area contributed by atoms with E-state index in [0.717, 1.165) is 5.92 Å². The molecular weight excluding hydrogens is 251 g/mol. The Kier molecular flexibility index (Phi) is 3.58. The molecule has 1 saturated heterocycles. The Balaban J connectivity index is 2.51. The quantitative estimate of drug-likeness (QED) is 0.371. The molecule has 2 nitrogen and oxygen atoms in total. The topological polar surface area (TPSA) is 6.48 Å². The molecule has 1 aliphatic rings. The van der Waals surface area contributed by atoms with E-state index in [0.29, 0.717) is 4.05 Å². The average Bonchev–Trinajstić information content (AvgIpc) is 1.93. The number of nitrogens with zero attached hydrogens (tertiary/aromatic N) is 2. The summed E-state index contributed by atoms with van der Waals surface area (Å²) in [5.74, 6) is 0.810. The molecular formula is C8H17IN2. The Morgan fingerprint density at radius 2 is 1.82 bits per heavy atom. The molecule has 3 heteroatoms. The molecule has 1 rings (SSSR count). The smallest absolute Gasteiger partial charge is 0.0744 e. The fraction of sp³-hybridized carbons (Fsp3) is 1.00. The van der Waals surface area contributed by atoms with Crippen molar-refractivity contribution in [2.75, 3.05) is 33.7 Å². The first-order valence-corrected chi connectivity index (χ1v) is 5.37. The van der Waals surface area contributed by atoms with Gasteiger partial charge in [0.2, 0.25) is 0 Å². The second-order valence-electron chi connectivity index (χ2n) is 3.70. The van der Waals surface area contributed by atoms with Crippen LogP contribution in [0.4, 0.5) is 0 Å². The molecule has 2 atom stereocenters. The predicted octanol–water partition coefficient (Wildman–Crippen LogP) is 1.26. The van der Waals surface area contributed by atoms with Crippen LogP contribution in [0.3, 0.4) is 0 Å². The van der Waals surface area contributed by atoms with Crippen LogP contribution in [-0.4, -0.2) is 47.6 Å². The Bertz CT molecular complexity index is 115. The van der Waals surface area contributed by atoms with Crippen LogP contribution in [0.2, 0.25) is 0 Å². The molecule has 0 aromatic carbocycles.